The summed E-state index contributed by atoms with van der Waals surface area (Å²) in [5.41, 5.74) is 1.41. The van der Waals surface area contributed by atoms with Gasteiger partial charge < -0.3 is 5.32 Å². The highest BCUT2D eigenvalue weighted by Crippen LogP contribution is 2.16. The molecule has 0 saturated carbocycles. The lowest BCUT2D eigenvalue weighted by Gasteiger charge is -2.16. The summed E-state index contributed by atoms with van der Waals surface area (Å²) >= 11 is 0. The summed E-state index contributed by atoms with van der Waals surface area (Å²) in [5.74, 6) is 0.526. The zero-order valence-corrected chi connectivity index (χ0v) is 11.7. The predicted octanol–water partition coefficient (Wildman–Crippen LogP) is 3.40. The van der Waals surface area contributed by atoms with E-state index in [1.807, 2.05) is 37.3 Å². The molecule has 19 heavy (non-hydrogen) atoms. The number of nitrogens with zero attached hydrogens (tertiary/aromatic N) is 1. The average Bonchev–Trinajstić information content (AvgIpc) is 2.36. The predicted molar refractivity (Wildman–Crippen MR) is 78.1 cm³/mol. The minimum Gasteiger partial charge on any atom is -0.350 e. The van der Waals surface area contributed by atoms with E-state index in [1.54, 1.807) is 6.20 Å². The van der Waals surface area contributed by atoms with Gasteiger partial charge in [-0.05, 0) is 31.4 Å². The van der Waals surface area contributed by atoms with E-state index < -0.39 is 0 Å². The summed E-state index contributed by atoms with van der Waals surface area (Å²) in [6.07, 6.45) is 2.70. The standard InChI is InChI=1S/C16H20N2O/c1-11(2)10-12(3)18-16(19)14-8-4-6-13-7-5-9-17-15(13)14/h4-9,11-12H,10H2,1-3H3,(H,18,19). The molecule has 0 bridgehead atoms. The van der Waals surface area contributed by atoms with E-state index in [0.717, 1.165) is 17.3 Å². The minimum atomic E-state index is -0.0440. The molecule has 1 amide bonds. The Balaban J connectivity index is 2.22. The number of rotatable bonds is 4. The Morgan fingerprint density at radius 1 is 1.21 bits per heavy atom. The van der Waals surface area contributed by atoms with Crippen molar-refractivity contribution in [1.29, 1.82) is 0 Å². The van der Waals surface area contributed by atoms with Crippen LogP contribution in [0.5, 0.6) is 0 Å². The molecule has 0 saturated heterocycles. The second kappa shape index (κ2) is 5.83. The van der Waals surface area contributed by atoms with Gasteiger partial charge in [-0.1, -0.05) is 32.0 Å². The van der Waals surface area contributed by atoms with Gasteiger partial charge in [-0.25, -0.2) is 0 Å². The van der Waals surface area contributed by atoms with E-state index in [4.69, 9.17) is 0 Å². The largest absolute Gasteiger partial charge is 0.350 e. The Kier molecular flexibility index (Phi) is 4.15. The molecule has 1 aromatic heterocycles. The molecule has 1 aromatic carbocycles. The van der Waals surface area contributed by atoms with Gasteiger partial charge in [0.15, 0.2) is 0 Å². The maximum absolute atomic E-state index is 12.3. The molecule has 2 aromatic rings. The van der Waals surface area contributed by atoms with E-state index in [0.29, 0.717) is 11.5 Å². The summed E-state index contributed by atoms with van der Waals surface area (Å²) in [5, 5.41) is 4.03. The van der Waals surface area contributed by atoms with Gasteiger partial charge in [0.1, 0.15) is 0 Å². The molecule has 1 heterocycles. The molecule has 0 aliphatic carbocycles. The van der Waals surface area contributed by atoms with Gasteiger partial charge in [-0.2, -0.15) is 0 Å². The molecular weight excluding hydrogens is 236 g/mol. The monoisotopic (exact) mass is 256 g/mol. The molecule has 1 unspecified atom stereocenters. The summed E-state index contributed by atoms with van der Waals surface area (Å²) < 4.78 is 0. The number of hydrogen-bond acceptors (Lipinski definition) is 2. The zero-order chi connectivity index (χ0) is 13.8. The first-order valence-electron chi connectivity index (χ1n) is 6.72. The quantitative estimate of drug-likeness (QED) is 0.911. The molecule has 100 valence electrons. The van der Waals surface area contributed by atoms with Crippen LogP contribution in [0.25, 0.3) is 10.9 Å². The minimum absolute atomic E-state index is 0.0440. The van der Waals surface area contributed by atoms with E-state index in [-0.39, 0.29) is 11.9 Å². The molecule has 0 radical (unpaired) electrons. The second-order valence-corrected chi connectivity index (χ2v) is 5.38. The number of carbonyl (C=O) groups excluding carboxylic acids is 1. The van der Waals surface area contributed by atoms with Crippen molar-refractivity contribution < 1.29 is 4.79 Å². The topological polar surface area (TPSA) is 42.0 Å². The van der Waals surface area contributed by atoms with Gasteiger partial charge in [0.05, 0.1) is 11.1 Å². The summed E-state index contributed by atoms with van der Waals surface area (Å²) in [4.78, 5) is 16.6. The van der Waals surface area contributed by atoms with Crippen LogP contribution < -0.4 is 5.32 Å². The normalized spacial score (nSPS) is 12.6. The lowest BCUT2D eigenvalue weighted by Crippen LogP contribution is -2.33. The maximum atomic E-state index is 12.3. The number of para-hydroxylation sites is 1. The molecule has 2 rings (SSSR count). The highest BCUT2D eigenvalue weighted by molar-refractivity contribution is 6.05. The SMILES string of the molecule is CC(C)CC(C)NC(=O)c1cccc2cccnc12. The van der Waals surface area contributed by atoms with Crippen LogP contribution in [0.3, 0.4) is 0 Å². The van der Waals surface area contributed by atoms with Crippen molar-refractivity contribution in [3.8, 4) is 0 Å². The summed E-state index contributed by atoms with van der Waals surface area (Å²) in [7, 11) is 0. The number of aromatic nitrogens is 1. The van der Waals surface area contributed by atoms with Crippen molar-refractivity contribution in [3.05, 3.63) is 42.1 Å². The Morgan fingerprint density at radius 2 is 1.95 bits per heavy atom. The number of carbonyl (C=O) groups is 1. The van der Waals surface area contributed by atoms with Crippen LogP contribution in [-0.2, 0) is 0 Å². The van der Waals surface area contributed by atoms with Crippen LogP contribution in [0.1, 0.15) is 37.6 Å². The first-order valence-corrected chi connectivity index (χ1v) is 6.72. The Bertz CT molecular complexity index is 572. The van der Waals surface area contributed by atoms with Gasteiger partial charge in [0, 0.05) is 17.6 Å². The van der Waals surface area contributed by atoms with Crippen molar-refractivity contribution in [2.75, 3.05) is 0 Å². The van der Waals surface area contributed by atoms with Crippen molar-refractivity contribution in [2.24, 2.45) is 5.92 Å². The highest BCUT2D eigenvalue weighted by atomic mass is 16.1. The molecule has 1 atom stereocenters. The maximum Gasteiger partial charge on any atom is 0.253 e. The van der Waals surface area contributed by atoms with Crippen LogP contribution >= 0.6 is 0 Å². The third-order valence-corrected chi connectivity index (χ3v) is 3.08. The van der Waals surface area contributed by atoms with Crippen molar-refractivity contribution in [3.63, 3.8) is 0 Å². The molecular formula is C16H20N2O. The summed E-state index contributed by atoms with van der Waals surface area (Å²) in [6, 6.07) is 9.71. The third-order valence-electron chi connectivity index (χ3n) is 3.08. The lowest BCUT2D eigenvalue weighted by atomic mass is 10.0. The van der Waals surface area contributed by atoms with Crippen LogP contribution in [0.2, 0.25) is 0 Å². The number of benzene rings is 1. The Morgan fingerprint density at radius 3 is 2.68 bits per heavy atom. The molecule has 0 fully saturated rings. The van der Waals surface area contributed by atoms with Crippen LogP contribution in [0.15, 0.2) is 36.5 Å². The molecule has 0 aliphatic rings. The fourth-order valence-corrected chi connectivity index (χ4v) is 2.36. The molecule has 0 spiro atoms. The first kappa shape index (κ1) is 13.5. The molecule has 0 aliphatic heterocycles. The van der Waals surface area contributed by atoms with Gasteiger partial charge in [-0.15, -0.1) is 0 Å². The van der Waals surface area contributed by atoms with E-state index in [2.05, 4.69) is 24.1 Å². The first-order chi connectivity index (χ1) is 9.08. The number of pyridine rings is 1. The van der Waals surface area contributed by atoms with Gasteiger partial charge in [-0.3, -0.25) is 9.78 Å². The van der Waals surface area contributed by atoms with Crippen molar-refractivity contribution in [1.82, 2.24) is 10.3 Å². The zero-order valence-electron chi connectivity index (χ0n) is 11.7. The third kappa shape index (κ3) is 3.31. The fraction of sp³-hybridized carbons (Fsp3) is 0.375. The van der Waals surface area contributed by atoms with Crippen LogP contribution in [0, 0.1) is 5.92 Å². The van der Waals surface area contributed by atoms with Gasteiger partial charge in [0.2, 0.25) is 0 Å². The number of amides is 1. The van der Waals surface area contributed by atoms with E-state index in [1.165, 1.54) is 0 Å². The molecule has 1 N–H and O–H groups in total. The molecule has 3 nitrogen and oxygen atoms in total. The number of fused-ring (bicyclic) bond motifs is 1. The van der Waals surface area contributed by atoms with E-state index >= 15 is 0 Å². The average molecular weight is 256 g/mol. The van der Waals surface area contributed by atoms with Gasteiger partial charge in [0.25, 0.3) is 5.91 Å². The van der Waals surface area contributed by atoms with Crippen LogP contribution in [0.4, 0.5) is 0 Å². The molecule has 3 heteroatoms. The lowest BCUT2D eigenvalue weighted by molar-refractivity contribution is 0.0937. The summed E-state index contributed by atoms with van der Waals surface area (Å²) in [6.45, 7) is 6.35. The smallest absolute Gasteiger partial charge is 0.253 e. The van der Waals surface area contributed by atoms with Crippen molar-refractivity contribution >= 4 is 16.8 Å². The second-order valence-electron chi connectivity index (χ2n) is 5.38. The Hall–Kier alpha value is -1.90. The number of hydrogen-bond donors (Lipinski definition) is 1. The Labute approximate surface area is 114 Å². The fourth-order valence-electron chi connectivity index (χ4n) is 2.36. The highest BCUT2D eigenvalue weighted by Gasteiger charge is 2.13. The van der Waals surface area contributed by atoms with E-state index in [9.17, 15) is 4.79 Å². The number of nitrogens with one attached hydrogen (secondary N) is 1. The van der Waals surface area contributed by atoms with Crippen molar-refractivity contribution in [2.45, 2.75) is 33.2 Å². The van der Waals surface area contributed by atoms with Gasteiger partial charge >= 0.3 is 0 Å². The van der Waals surface area contributed by atoms with Crippen LogP contribution in [-0.4, -0.2) is 16.9 Å².